The molecule has 2 amide bonds. The van der Waals surface area contributed by atoms with Crippen LogP contribution in [0, 0.1) is 0 Å². The summed E-state index contributed by atoms with van der Waals surface area (Å²) in [4.78, 5) is 26.9. The minimum absolute atomic E-state index is 0.0338. The highest BCUT2D eigenvalue weighted by Gasteiger charge is 2.07. The summed E-state index contributed by atoms with van der Waals surface area (Å²) in [5.41, 5.74) is 0.389. The van der Waals surface area contributed by atoms with E-state index in [0.29, 0.717) is 5.69 Å². The number of aromatic carboxylic acids is 1. The lowest BCUT2D eigenvalue weighted by Crippen LogP contribution is -2.27. The first-order chi connectivity index (χ1) is 7.00. The summed E-state index contributed by atoms with van der Waals surface area (Å²) in [5.74, 6) is -1.08. The van der Waals surface area contributed by atoms with Gasteiger partial charge in [0.05, 0.1) is 17.4 Å². The van der Waals surface area contributed by atoms with Crippen molar-refractivity contribution in [2.45, 2.75) is 0 Å². The van der Waals surface area contributed by atoms with E-state index in [0.717, 1.165) is 0 Å². The van der Waals surface area contributed by atoms with Crippen LogP contribution in [0.4, 0.5) is 10.5 Å². The number of hydrogen-bond donors (Lipinski definition) is 2. The molecule has 1 rings (SSSR count). The monoisotopic (exact) mass is 209 g/mol. The van der Waals surface area contributed by atoms with E-state index in [9.17, 15) is 9.59 Å². The molecule has 0 unspecified atom stereocenters. The normalized spacial score (nSPS) is 9.47. The van der Waals surface area contributed by atoms with Crippen molar-refractivity contribution >= 4 is 17.7 Å². The summed E-state index contributed by atoms with van der Waals surface area (Å²) >= 11 is 0. The van der Waals surface area contributed by atoms with Crippen LogP contribution in [-0.4, -0.2) is 41.1 Å². The zero-order chi connectivity index (χ0) is 11.4. The summed E-state index contributed by atoms with van der Waals surface area (Å²) in [6.45, 7) is 0. The molecule has 0 saturated carbocycles. The number of carbonyl (C=O) groups excluding carboxylic acids is 1. The van der Waals surface area contributed by atoms with Crippen LogP contribution in [0.25, 0.3) is 0 Å². The molecule has 0 aliphatic carbocycles. The maximum atomic E-state index is 11.2. The van der Waals surface area contributed by atoms with Crippen molar-refractivity contribution in [1.82, 2.24) is 9.88 Å². The van der Waals surface area contributed by atoms with E-state index in [4.69, 9.17) is 5.11 Å². The van der Waals surface area contributed by atoms with Gasteiger partial charge in [0, 0.05) is 20.3 Å². The molecule has 0 spiro atoms. The molecule has 1 aromatic rings. The third kappa shape index (κ3) is 2.94. The molecule has 1 heterocycles. The van der Waals surface area contributed by atoms with E-state index in [1.807, 2.05) is 0 Å². The highest BCUT2D eigenvalue weighted by molar-refractivity contribution is 5.92. The molecule has 0 aliphatic heterocycles. The van der Waals surface area contributed by atoms with Crippen LogP contribution in [-0.2, 0) is 0 Å². The van der Waals surface area contributed by atoms with E-state index >= 15 is 0 Å². The quantitative estimate of drug-likeness (QED) is 0.757. The molecule has 2 N–H and O–H groups in total. The maximum absolute atomic E-state index is 11.2. The van der Waals surface area contributed by atoms with Gasteiger partial charge in [0.1, 0.15) is 0 Å². The number of rotatable bonds is 2. The number of aromatic nitrogens is 1. The predicted octanol–water partition coefficient (Wildman–Crippen LogP) is 0.873. The Hall–Kier alpha value is -2.11. The summed E-state index contributed by atoms with van der Waals surface area (Å²) in [6, 6.07) is 1.01. The number of carboxylic acid groups (broad SMARTS) is 1. The summed E-state index contributed by atoms with van der Waals surface area (Å²) in [5, 5.41) is 11.2. The minimum atomic E-state index is -1.08. The van der Waals surface area contributed by atoms with Crippen molar-refractivity contribution in [3.8, 4) is 0 Å². The van der Waals surface area contributed by atoms with Crippen LogP contribution in [0.5, 0.6) is 0 Å². The average molecular weight is 209 g/mol. The first-order valence-electron chi connectivity index (χ1n) is 4.17. The van der Waals surface area contributed by atoms with Crippen molar-refractivity contribution in [3.05, 3.63) is 24.0 Å². The first-order valence-corrected chi connectivity index (χ1v) is 4.17. The molecular formula is C9H11N3O3. The van der Waals surface area contributed by atoms with E-state index in [-0.39, 0.29) is 11.6 Å². The lowest BCUT2D eigenvalue weighted by Gasteiger charge is -2.11. The number of nitrogens with zero attached hydrogens (tertiary/aromatic N) is 2. The summed E-state index contributed by atoms with van der Waals surface area (Å²) in [7, 11) is 3.17. The summed E-state index contributed by atoms with van der Waals surface area (Å²) < 4.78 is 0. The minimum Gasteiger partial charge on any atom is -0.478 e. The first kappa shape index (κ1) is 11.0. The zero-order valence-corrected chi connectivity index (χ0v) is 8.39. The maximum Gasteiger partial charge on any atom is 0.337 e. The van der Waals surface area contributed by atoms with Crippen molar-refractivity contribution in [1.29, 1.82) is 0 Å². The van der Waals surface area contributed by atoms with Crippen molar-refractivity contribution < 1.29 is 14.7 Å². The van der Waals surface area contributed by atoms with Crippen LogP contribution in [0.3, 0.4) is 0 Å². The molecule has 0 saturated heterocycles. The lowest BCUT2D eigenvalue weighted by atomic mass is 10.3. The molecule has 0 fully saturated rings. The van der Waals surface area contributed by atoms with Gasteiger partial charge in [-0.1, -0.05) is 0 Å². The van der Waals surface area contributed by atoms with Crippen LogP contribution in [0.1, 0.15) is 10.4 Å². The third-order valence-corrected chi connectivity index (χ3v) is 1.64. The Labute approximate surface area is 86.5 Å². The number of amides is 2. The van der Waals surface area contributed by atoms with E-state index < -0.39 is 5.97 Å². The number of carbonyl (C=O) groups is 2. The van der Waals surface area contributed by atoms with Crippen molar-refractivity contribution in [3.63, 3.8) is 0 Å². The van der Waals surface area contributed by atoms with Gasteiger partial charge < -0.3 is 15.3 Å². The molecule has 0 bridgehead atoms. The Balaban J connectivity index is 2.83. The highest BCUT2D eigenvalue weighted by Crippen LogP contribution is 2.08. The van der Waals surface area contributed by atoms with Gasteiger partial charge in [0.15, 0.2) is 0 Å². The molecule has 0 aromatic carbocycles. The van der Waals surface area contributed by atoms with Gasteiger partial charge in [-0.3, -0.25) is 4.98 Å². The third-order valence-electron chi connectivity index (χ3n) is 1.64. The average Bonchev–Trinajstić information content (AvgIpc) is 2.18. The second-order valence-corrected chi connectivity index (χ2v) is 3.09. The second-order valence-electron chi connectivity index (χ2n) is 3.09. The van der Waals surface area contributed by atoms with Gasteiger partial charge in [0.25, 0.3) is 0 Å². The number of urea groups is 1. The topological polar surface area (TPSA) is 82.5 Å². The van der Waals surface area contributed by atoms with Crippen LogP contribution in [0.2, 0.25) is 0 Å². The van der Waals surface area contributed by atoms with Gasteiger partial charge in [-0.25, -0.2) is 9.59 Å². The molecule has 0 aliphatic rings. The van der Waals surface area contributed by atoms with Gasteiger partial charge in [-0.15, -0.1) is 0 Å². The highest BCUT2D eigenvalue weighted by atomic mass is 16.4. The van der Waals surface area contributed by atoms with Crippen LogP contribution >= 0.6 is 0 Å². The number of pyridine rings is 1. The fourth-order valence-electron chi connectivity index (χ4n) is 0.861. The molecule has 15 heavy (non-hydrogen) atoms. The van der Waals surface area contributed by atoms with E-state index in [1.165, 1.54) is 23.4 Å². The summed E-state index contributed by atoms with van der Waals surface area (Å²) in [6.07, 6.45) is 2.60. The molecule has 0 radical (unpaired) electrons. The fraction of sp³-hybridized carbons (Fsp3) is 0.222. The Morgan fingerprint density at radius 2 is 2.07 bits per heavy atom. The van der Waals surface area contributed by atoms with Gasteiger partial charge >= 0.3 is 12.0 Å². The van der Waals surface area contributed by atoms with E-state index in [2.05, 4.69) is 10.3 Å². The Bertz CT molecular complexity index is 390. The second kappa shape index (κ2) is 4.41. The fourth-order valence-corrected chi connectivity index (χ4v) is 0.861. The molecule has 0 atom stereocenters. The number of hydrogen-bond acceptors (Lipinski definition) is 3. The smallest absolute Gasteiger partial charge is 0.337 e. The van der Waals surface area contributed by atoms with Crippen molar-refractivity contribution in [2.75, 3.05) is 19.4 Å². The standard InChI is InChI=1S/C9H11N3O3/c1-12(2)9(15)11-7-3-6(8(13)14)4-10-5-7/h3-5H,1-2H3,(H,11,15)(H,13,14). The van der Waals surface area contributed by atoms with Crippen molar-refractivity contribution in [2.24, 2.45) is 0 Å². The van der Waals surface area contributed by atoms with Gasteiger partial charge in [-0.2, -0.15) is 0 Å². The van der Waals surface area contributed by atoms with Gasteiger partial charge in [-0.05, 0) is 6.07 Å². The number of carboxylic acids is 1. The van der Waals surface area contributed by atoms with Crippen LogP contribution < -0.4 is 5.32 Å². The Kier molecular flexibility index (Phi) is 3.22. The molecule has 6 nitrogen and oxygen atoms in total. The molecule has 6 heteroatoms. The Morgan fingerprint density at radius 1 is 1.40 bits per heavy atom. The Morgan fingerprint density at radius 3 is 2.60 bits per heavy atom. The predicted molar refractivity (Wildman–Crippen MR) is 53.9 cm³/mol. The van der Waals surface area contributed by atoms with Gasteiger partial charge in [0.2, 0.25) is 0 Å². The zero-order valence-electron chi connectivity index (χ0n) is 8.39. The molecular weight excluding hydrogens is 198 g/mol. The molecule has 1 aromatic heterocycles. The lowest BCUT2D eigenvalue weighted by molar-refractivity contribution is 0.0696. The number of nitrogens with one attached hydrogen (secondary N) is 1. The largest absolute Gasteiger partial charge is 0.478 e. The van der Waals surface area contributed by atoms with E-state index in [1.54, 1.807) is 14.1 Å². The number of anilines is 1. The van der Waals surface area contributed by atoms with Crippen LogP contribution in [0.15, 0.2) is 18.5 Å². The molecule has 80 valence electrons. The SMILES string of the molecule is CN(C)C(=O)Nc1cncc(C(=O)O)c1.